The van der Waals surface area contributed by atoms with Crippen molar-refractivity contribution in [1.82, 2.24) is 9.55 Å². The van der Waals surface area contributed by atoms with Crippen LogP contribution >= 0.6 is 0 Å². The van der Waals surface area contributed by atoms with Gasteiger partial charge in [-0.1, -0.05) is 91.0 Å². The zero-order valence-corrected chi connectivity index (χ0v) is 16.6. The van der Waals surface area contributed by atoms with Gasteiger partial charge in [0.05, 0.1) is 16.9 Å². The van der Waals surface area contributed by atoms with E-state index >= 15 is 0 Å². The molecule has 4 aromatic rings. The Hall–Kier alpha value is -3.99. The van der Waals surface area contributed by atoms with E-state index in [1.54, 1.807) is 6.33 Å². The molecule has 0 aliphatic carbocycles. The van der Waals surface area contributed by atoms with Gasteiger partial charge in [-0.25, -0.2) is 4.98 Å². The van der Waals surface area contributed by atoms with E-state index < -0.39 is 10.5 Å². The minimum absolute atomic E-state index is 0.0463. The Balaban J connectivity index is 2.03. The molecule has 0 unspecified atom stereocenters. The molecule has 3 aromatic carbocycles. The topological polar surface area (TPSA) is 61.0 Å². The first-order valence-corrected chi connectivity index (χ1v) is 9.66. The van der Waals surface area contributed by atoms with Crippen LogP contribution in [0.1, 0.15) is 29.3 Å². The molecule has 0 saturated carbocycles. The van der Waals surface area contributed by atoms with Gasteiger partial charge in [-0.15, -0.1) is 0 Å². The summed E-state index contributed by atoms with van der Waals surface area (Å²) in [6.07, 6.45) is 5.09. The van der Waals surface area contributed by atoms with Crippen molar-refractivity contribution < 1.29 is 4.92 Å². The molecule has 5 nitrogen and oxygen atoms in total. The van der Waals surface area contributed by atoms with Crippen LogP contribution in [0.2, 0.25) is 0 Å². The van der Waals surface area contributed by atoms with Crippen molar-refractivity contribution in [3.63, 3.8) is 0 Å². The number of hydrogen-bond acceptors (Lipinski definition) is 3. The summed E-state index contributed by atoms with van der Waals surface area (Å²) in [4.78, 5) is 15.1. The summed E-state index contributed by atoms with van der Waals surface area (Å²) in [7, 11) is 0. The number of imidazole rings is 1. The van der Waals surface area contributed by atoms with Crippen molar-refractivity contribution in [2.45, 2.75) is 12.5 Å². The highest BCUT2D eigenvalue weighted by atomic mass is 16.6. The first-order valence-electron chi connectivity index (χ1n) is 9.66. The Morgan fingerprint density at radius 3 is 1.70 bits per heavy atom. The first kappa shape index (κ1) is 19.3. The molecule has 0 aliphatic heterocycles. The van der Waals surface area contributed by atoms with E-state index in [4.69, 9.17) is 0 Å². The number of aromatic nitrogens is 2. The lowest BCUT2D eigenvalue weighted by molar-refractivity contribution is -0.422. The van der Waals surface area contributed by atoms with Crippen LogP contribution < -0.4 is 0 Å². The maximum absolute atomic E-state index is 11.1. The second-order valence-corrected chi connectivity index (χ2v) is 7.06. The normalized spacial score (nSPS) is 12.0. The van der Waals surface area contributed by atoms with Gasteiger partial charge < -0.3 is 4.57 Å². The van der Waals surface area contributed by atoms with E-state index in [2.05, 4.69) is 41.4 Å². The van der Waals surface area contributed by atoms with Gasteiger partial charge in [0.25, 0.3) is 0 Å². The van der Waals surface area contributed by atoms with Crippen molar-refractivity contribution >= 4 is 6.08 Å². The van der Waals surface area contributed by atoms with Crippen LogP contribution in [0.4, 0.5) is 0 Å². The van der Waals surface area contributed by atoms with Crippen LogP contribution in [0.15, 0.2) is 109 Å². The fraction of sp³-hybridized carbons (Fsp3) is 0.0800. The van der Waals surface area contributed by atoms with Crippen LogP contribution in [0.5, 0.6) is 0 Å². The SMILES string of the molecule is C/C(=C\c1cn(C(c2ccccc2)(c2ccccc2)c2ccccc2)cn1)[N+](=O)[O-]. The van der Waals surface area contributed by atoms with E-state index in [1.165, 1.54) is 13.0 Å². The van der Waals surface area contributed by atoms with Gasteiger partial charge in [-0.05, 0) is 16.7 Å². The van der Waals surface area contributed by atoms with Crippen molar-refractivity contribution in [1.29, 1.82) is 0 Å². The van der Waals surface area contributed by atoms with Crippen molar-refractivity contribution in [2.75, 3.05) is 0 Å². The first-order chi connectivity index (χ1) is 14.6. The van der Waals surface area contributed by atoms with E-state index in [1.807, 2.05) is 65.4 Å². The maximum Gasteiger partial charge on any atom is 0.245 e. The molecular weight excluding hydrogens is 374 g/mol. The number of nitrogens with zero attached hydrogens (tertiary/aromatic N) is 3. The molecular formula is C25H21N3O2. The molecule has 0 radical (unpaired) electrons. The molecule has 30 heavy (non-hydrogen) atoms. The lowest BCUT2D eigenvalue weighted by Crippen LogP contribution is -2.36. The fourth-order valence-electron chi connectivity index (χ4n) is 3.85. The minimum Gasteiger partial charge on any atom is -0.318 e. The Morgan fingerprint density at radius 2 is 1.30 bits per heavy atom. The maximum atomic E-state index is 11.1. The average Bonchev–Trinajstić information content (AvgIpc) is 3.25. The molecule has 0 aliphatic rings. The van der Waals surface area contributed by atoms with Gasteiger partial charge in [0, 0.05) is 19.2 Å². The lowest BCUT2D eigenvalue weighted by atomic mass is 9.77. The molecule has 0 amide bonds. The van der Waals surface area contributed by atoms with Crippen LogP contribution in [0.25, 0.3) is 6.08 Å². The number of hydrogen-bond donors (Lipinski definition) is 0. The summed E-state index contributed by atoms with van der Waals surface area (Å²) in [6, 6.07) is 30.7. The summed E-state index contributed by atoms with van der Waals surface area (Å²) in [5, 5.41) is 11.1. The lowest BCUT2D eigenvalue weighted by Gasteiger charge is -2.37. The predicted octanol–water partition coefficient (Wildman–Crippen LogP) is 5.36. The Labute approximate surface area is 175 Å². The van der Waals surface area contributed by atoms with Gasteiger partial charge in [-0.3, -0.25) is 10.1 Å². The van der Waals surface area contributed by atoms with Crippen LogP contribution in [-0.4, -0.2) is 14.5 Å². The minimum atomic E-state index is -0.675. The van der Waals surface area contributed by atoms with Gasteiger partial charge in [0.15, 0.2) is 0 Å². The molecule has 0 bridgehead atoms. The Morgan fingerprint density at radius 1 is 0.867 bits per heavy atom. The van der Waals surface area contributed by atoms with Gasteiger partial charge in [0.2, 0.25) is 5.70 Å². The number of benzene rings is 3. The van der Waals surface area contributed by atoms with Crippen LogP contribution in [0, 0.1) is 10.1 Å². The smallest absolute Gasteiger partial charge is 0.245 e. The Bertz CT molecular complexity index is 1070. The standard InChI is InChI=1S/C25H21N3O2/c1-20(28(29)30)17-24-18-27(19-26-24)25(21-11-5-2-6-12-21,22-13-7-3-8-14-22)23-15-9-4-10-16-23/h2-19H,1H3/b20-17+. The van der Waals surface area contributed by atoms with E-state index in [0.29, 0.717) is 5.69 Å². The molecule has 0 spiro atoms. The summed E-state index contributed by atoms with van der Waals surface area (Å²) < 4.78 is 2.03. The highest BCUT2D eigenvalue weighted by Crippen LogP contribution is 2.40. The molecule has 1 heterocycles. The number of nitro groups is 1. The quantitative estimate of drug-likeness (QED) is 0.251. The molecule has 0 fully saturated rings. The molecule has 148 valence electrons. The predicted molar refractivity (Wildman–Crippen MR) is 117 cm³/mol. The molecule has 1 aromatic heterocycles. The van der Waals surface area contributed by atoms with Crippen LogP contribution in [0.3, 0.4) is 0 Å². The van der Waals surface area contributed by atoms with Crippen molar-refractivity contribution in [3.05, 3.63) is 142 Å². The third kappa shape index (κ3) is 3.42. The molecule has 0 saturated heterocycles. The van der Waals surface area contributed by atoms with E-state index in [0.717, 1.165) is 16.7 Å². The van der Waals surface area contributed by atoms with E-state index in [-0.39, 0.29) is 5.70 Å². The third-order valence-electron chi connectivity index (χ3n) is 5.21. The van der Waals surface area contributed by atoms with Gasteiger partial charge in [0.1, 0.15) is 5.54 Å². The Kier molecular flexibility index (Phi) is 5.26. The third-order valence-corrected chi connectivity index (χ3v) is 5.21. The zero-order valence-electron chi connectivity index (χ0n) is 16.6. The summed E-state index contributed by atoms with van der Waals surface area (Å²) in [5.41, 5.74) is 3.12. The zero-order chi connectivity index (χ0) is 21.0. The second-order valence-electron chi connectivity index (χ2n) is 7.06. The van der Waals surface area contributed by atoms with Gasteiger partial charge in [-0.2, -0.15) is 0 Å². The number of allylic oxidation sites excluding steroid dienone is 1. The molecule has 5 heteroatoms. The van der Waals surface area contributed by atoms with Crippen molar-refractivity contribution in [3.8, 4) is 0 Å². The average molecular weight is 395 g/mol. The monoisotopic (exact) mass is 395 g/mol. The number of rotatable bonds is 6. The van der Waals surface area contributed by atoms with E-state index in [9.17, 15) is 10.1 Å². The second kappa shape index (κ2) is 8.17. The molecule has 0 N–H and O–H groups in total. The summed E-state index contributed by atoms with van der Waals surface area (Å²) >= 11 is 0. The fourth-order valence-corrected chi connectivity index (χ4v) is 3.85. The molecule has 0 atom stereocenters. The van der Waals surface area contributed by atoms with Crippen LogP contribution in [-0.2, 0) is 5.54 Å². The summed E-state index contributed by atoms with van der Waals surface area (Å²) in [5.74, 6) is 0. The van der Waals surface area contributed by atoms with Crippen molar-refractivity contribution in [2.24, 2.45) is 0 Å². The molecule has 4 rings (SSSR count). The highest BCUT2D eigenvalue weighted by molar-refractivity contribution is 5.52. The largest absolute Gasteiger partial charge is 0.318 e. The highest BCUT2D eigenvalue weighted by Gasteiger charge is 2.38. The summed E-state index contributed by atoms with van der Waals surface area (Å²) in [6.45, 7) is 1.47. The van der Waals surface area contributed by atoms with Gasteiger partial charge >= 0.3 is 0 Å².